The number of nitrogens with one attached hydrogen (secondary N) is 1. The van der Waals surface area contributed by atoms with Crippen molar-refractivity contribution in [1.29, 1.82) is 0 Å². The molecular weight excluding hydrogens is 304 g/mol. The Kier molecular flexibility index (Phi) is 6.10. The molecule has 0 unspecified atom stereocenters. The fourth-order valence-electron chi connectivity index (χ4n) is 3.76. The summed E-state index contributed by atoms with van der Waals surface area (Å²) in [5.74, 6) is 0.612. The standard InChI is InChI=1S/C19H28N2O3/c1-23-14-17(15-6-3-2-4-7-15)20-19(22)21-11-9-16(10-12-21)18-8-5-13-24-18/h2-4,6-7,16-18H,5,8-14H2,1H3,(H,20,22)/t17-,18-/m0/s1. The summed E-state index contributed by atoms with van der Waals surface area (Å²) in [5, 5.41) is 3.12. The van der Waals surface area contributed by atoms with E-state index in [1.54, 1.807) is 7.11 Å². The number of carbonyl (C=O) groups is 1. The van der Waals surface area contributed by atoms with E-state index in [1.807, 2.05) is 35.2 Å². The second kappa shape index (κ2) is 8.49. The lowest BCUT2D eigenvalue weighted by atomic mass is 9.90. The van der Waals surface area contributed by atoms with Gasteiger partial charge in [-0.2, -0.15) is 0 Å². The van der Waals surface area contributed by atoms with Gasteiger partial charge in [0.1, 0.15) is 0 Å². The van der Waals surface area contributed by atoms with Crippen molar-refractivity contribution < 1.29 is 14.3 Å². The van der Waals surface area contributed by atoms with Crippen LogP contribution >= 0.6 is 0 Å². The van der Waals surface area contributed by atoms with E-state index >= 15 is 0 Å². The molecule has 132 valence electrons. The molecule has 0 aromatic heterocycles. The molecule has 2 aliphatic rings. The molecule has 2 fully saturated rings. The third kappa shape index (κ3) is 4.28. The van der Waals surface area contributed by atoms with E-state index in [9.17, 15) is 4.79 Å². The number of urea groups is 1. The zero-order valence-electron chi connectivity index (χ0n) is 14.4. The molecule has 24 heavy (non-hydrogen) atoms. The van der Waals surface area contributed by atoms with Crippen LogP contribution in [-0.4, -0.2) is 50.4 Å². The molecule has 0 spiro atoms. The number of benzene rings is 1. The van der Waals surface area contributed by atoms with E-state index in [0.717, 1.165) is 38.1 Å². The van der Waals surface area contributed by atoms with Crippen molar-refractivity contribution in [3.8, 4) is 0 Å². The average Bonchev–Trinajstić information content (AvgIpc) is 3.17. The first-order valence-electron chi connectivity index (χ1n) is 8.99. The van der Waals surface area contributed by atoms with E-state index in [1.165, 1.54) is 12.8 Å². The lowest BCUT2D eigenvalue weighted by molar-refractivity contribution is 0.0367. The summed E-state index contributed by atoms with van der Waals surface area (Å²) in [6.07, 6.45) is 4.86. The van der Waals surface area contributed by atoms with Crippen LogP contribution in [0.3, 0.4) is 0 Å². The first-order valence-corrected chi connectivity index (χ1v) is 8.99. The Balaban J connectivity index is 1.52. The molecule has 2 aliphatic heterocycles. The van der Waals surface area contributed by atoms with Crippen LogP contribution in [0.15, 0.2) is 30.3 Å². The van der Waals surface area contributed by atoms with Crippen molar-refractivity contribution in [2.75, 3.05) is 33.4 Å². The lowest BCUT2D eigenvalue weighted by Crippen LogP contribution is -2.47. The number of rotatable bonds is 5. The largest absolute Gasteiger partial charge is 0.382 e. The predicted molar refractivity (Wildman–Crippen MR) is 92.9 cm³/mol. The van der Waals surface area contributed by atoms with Gasteiger partial charge < -0.3 is 19.7 Å². The predicted octanol–water partition coefficient (Wildman–Crippen LogP) is 2.97. The zero-order valence-corrected chi connectivity index (χ0v) is 14.4. The molecule has 1 aromatic carbocycles. The van der Waals surface area contributed by atoms with Crippen LogP contribution in [0.1, 0.15) is 37.3 Å². The number of piperidine rings is 1. The molecule has 2 amide bonds. The van der Waals surface area contributed by atoms with Gasteiger partial charge in [-0.05, 0) is 37.2 Å². The number of hydrogen-bond donors (Lipinski definition) is 1. The monoisotopic (exact) mass is 332 g/mol. The minimum atomic E-state index is -0.111. The summed E-state index contributed by atoms with van der Waals surface area (Å²) in [4.78, 5) is 14.5. The van der Waals surface area contributed by atoms with Crippen LogP contribution in [0.4, 0.5) is 4.79 Å². The Hall–Kier alpha value is -1.59. The van der Waals surface area contributed by atoms with Crippen molar-refractivity contribution in [2.45, 2.75) is 37.8 Å². The third-order valence-corrected chi connectivity index (χ3v) is 5.15. The van der Waals surface area contributed by atoms with Gasteiger partial charge in [0.05, 0.1) is 18.8 Å². The maximum atomic E-state index is 12.6. The van der Waals surface area contributed by atoms with E-state index < -0.39 is 0 Å². The number of hydrogen-bond acceptors (Lipinski definition) is 3. The minimum absolute atomic E-state index is 0.00620. The summed E-state index contributed by atoms with van der Waals surface area (Å²) < 4.78 is 11.1. The second-order valence-electron chi connectivity index (χ2n) is 6.74. The summed E-state index contributed by atoms with van der Waals surface area (Å²) in [6, 6.07) is 9.88. The van der Waals surface area contributed by atoms with E-state index in [4.69, 9.17) is 9.47 Å². The maximum absolute atomic E-state index is 12.6. The molecule has 3 rings (SSSR count). The number of ether oxygens (including phenoxy) is 2. The van der Waals surface area contributed by atoms with Gasteiger partial charge in [-0.1, -0.05) is 30.3 Å². The smallest absolute Gasteiger partial charge is 0.317 e. The quantitative estimate of drug-likeness (QED) is 0.902. The molecule has 5 nitrogen and oxygen atoms in total. The van der Waals surface area contributed by atoms with Crippen LogP contribution in [-0.2, 0) is 9.47 Å². The number of methoxy groups -OCH3 is 1. The fourth-order valence-corrected chi connectivity index (χ4v) is 3.76. The molecule has 1 aromatic rings. The Bertz CT molecular complexity index is 509. The van der Waals surface area contributed by atoms with E-state index in [2.05, 4.69) is 5.32 Å². The molecule has 0 radical (unpaired) electrons. The zero-order chi connectivity index (χ0) is 16.8. The molecular formula is C19H28N2O3. The lowest BCUT2D eigenvalue weighted by Gasteiger charge is -2.35. The highest BCUT2D eigenvalue weighted by atomic mass is 16.5. The molecule has 0 aliphatic carbocycles. The molecule has 2 atom stereocenters. The van der Waals surface area contributed by atoms with Crippen molar-refractivity contribution in [1.82, 2.24) is 10.2 Å². The van der Waals surface area contributed by atoms with Crippen molar-refractivity contribution in [3.05, 3.63) is 35.9 Å². The van der Waals surface area contributed by atoms with Gasteiger partial charge in [0.15, 0.2) is 0 Å². The van der Waals surface area contributed by atoms with Crippen LogP contribution in [0.25, 0.3) is 0 Å². The van der Waals surface area contributed by atoms with Gasteiger partial charge in [-0.25, -0.2) is 4.79 Å². The van der Waals surface area contributed by atoms with Gasteiger partial charge >= 0.3 is 6.03 Å². The first-order chi connectivity index (χ1) is 11.8. The highest BCUT2D eigenvalue weighted by molar-refractivity contribution is 5.74. The molecule has 1 N–H and O–H groups in total. The Morgan fingerprint density at radius 3 is 2.67 bits per heavy atom. The summed E-state index contributed by atoms with van der Waals surface area (Å²) in [6.45, 7) is 3.00. The highest BCUT2D eigenvalue weighted by Gasteiger charge is 2.31. The van der Waals surface area contributed by atoms with Crippen molar-refractivity contribution in [2.24, 2.45) is 5.92 Å². The van der Waals surface area contributed by atoms with Crippen LogP contribution in [0.2, 0.25) is 0 Å². The van der Waals surface area contributed by atoms with Gasteiger partial charge in [0, 0.05) is 26.8 Å². The third-order valence-electron chi connectivity index (χ3n) is 5.15. The number of likely N-dealkylation sites (tertiary alicyclic amines) is 1. The first kappa shape index (κ1) is 17.2. The molecule has 0 bridgehead atoms. The van der Waals surface area contributed by atoms with Crippen LogP contribution in [0.5, 0.6) is 0 Å². The highest BCUT2D eigenvalue weighted by Crippen LogP contribution is 2.29. The van der Waals surface area contributed by atoms with Crippen LogP contribution in [0, 0.1) is 5.92 Å². The number of amides is 2. The van der Waals surface area contributed by atoms with Gasteiger partial charge in [-0.3, -0.25) is 0 Å². The fraction of sp³-hybridized carbons (Fsp3) is 0.632. The Labute approximate surface area is 144 Å². The van der Waals surface area contributed by atoms with Crippen LogP contribution < -0.4 is 5.32 Å². The number of carbonyl (C=O) groups excluding carboxylic acids is 1. The van der Waals surface area contributed by atoms with Gasteiger partial charge in [0.25, 0.3) is 0 Å². The normalized spacial score (nSPS) is 23.2. The van der Waals surface area contributed by atoms with Gasteiger partial charge in [0.2, 0.25) is 0 Å². The molecule has 2 saturated heterocycles. The minimum Gasteiger partial charge on any atom is -0.382 e. The topological polar surface area (TPSA) is 50.8 Å². The second-order valence-corrected chi connectivity index (χ2v) is 6.74. The Morgan fingerprint density at radius 2 is 2.04 bits per heavy atom. The molecule has 0 saturated carbocycles. The average molecular weight is 332 g/mol. The number of nitrogens with zero attached hydrogens (tertiary/aromatic N) is 1. The van der Waals surface area contributed by atoms with Gasteiger partial charge in [-0.15, -0.1) is 0 Å². The Morgan fingerprint density at radius 1 is 1.29 bits per heavy atom. The van der Waals surface area contributed by atoms with Crippen molar-refractivity contribution >= 4 is 6.03 Å². The van der Waals surface area contributed by atoms with Crippen molar-refractivity contribution in [3.63, 3.8) is 0 Å². The summed E-state index contributed by atoms with van der Waals surface area (Å²) >= 11 is 0. The SMILES string of the molecule is COC[C@H](NC(=O)N1CCC([C@@H]2CCCO2)CC1)c1ccccc1. The molecule has 2 heterocycles. The molecule has 5 heteroatoms. The van der Waals surface area contributed by atoms with E-state index in [-0.39, 0.29) is 12.1 Å². The summed E-state index contributed by atoms with van der Waals surface area (Å²) in [5.41, 5.74) is 1.07. The van der Waals surface area contributed by atoms with E-state index in [0.29, 0.717) is 18.6 Å². The summed E-state index contributed by atoms with van der Waals surface area (Å²) in [7, 11) is 1.66. The maximum Gasteiger partial charge on any atom is 0.317 e.